The van der Waals surface area contributed by atoms with Gasteiger partial charge in [-0.1, -0.05) is 44.2 Å². The first-order chi connectivity index (χ1) is 20.0. The van der Waals surface area contributed by atoms with Crippen LogP contribution in [0.15, 0.2) is 48.5 Å². The van der Waals surface area contributed by atoms with Crippen molar-refractivity contribution in [1.82, 2.24) is 15.5 Å². The number of para-hydroxylation sites is 2. The van der Waals surface area contributed by atoms with Gasteiger partial charge in [-0.15, -0.1) is 0 Å². The summed E-state index contributed by atoms with van der Waals surface area (Å²) in [6.45, 7) is 6.27. The number of rotatable bonds is 14. The van der Waals surface area contributed by atoms with E-state index in [1.54, 1.807) is 36.3 Å². The molecule has 1 aliphatic rings. The number of hydrogen-bond acceptors (Lipinski definition) is 5. The number of hydrogen-bond donors (Lipinski definition) is 3. The number of benzene rings is 2. The zero-order valence-corrected chi connectivity index (χ0v) is 25.2. The number of piperidine rings is 1. The molecule has 0 aromatic heterocycles. The van der Waals surface area contributed by atoms with Crippen LogP contribution in [-0.2, 0) is 16.5 Å². The smallest absolute Gasteiger partial charge is 0.419 e. The zero-order chi connectivity index (χ0) is 30.8. The molecule has 3 atom stereocenters. The quantitative estimate of drug-likeness (QED) is 0.216. The Labute approximate surface area is 247 Å². The highest BCUT2D eigenvalue weighted by Crippen LogP contribution is 2.46. The molecule has 1 fully saturated rings. The number of nitrogens with one attached hydrogen (secondary N) is 2. The van der Waals surface area contributed by atoms with E-state index < -0.39 is 17.3 Å². The van der Waals surface area contributed by atoms with Gasteiger partial charge in [0.2, 0.25) is 0 Å². The molecule has 7 nitrogen and oxygen atoms in total. The van der Waals surface area contributed by atoms with Crippen molar-refractivity contribution in [3.63, 3.8) is 0 Å². The second kappa shape index (κ2) is 15.6. The number of likely N-dealkylation sites (N-methyl/N-ethyl adjacent to an activating group) is 1. The third-order valence-electron chi connectivity index (χ3n) is 7.84. The van der Waals surface area contributed by atoms with Crippen LogP contribution in [0, 0.1) is 11.8 Å². The maximum atomic E-state index is 13.8. The molecule has 0 radical (unpaired) electrons. The second-order valence-corrected chi connectivity index (χ2v) is 11.6. The average Bonchev–Trinajstić information content (AvgIpc) is 2.95. The minimum absolute atomic E-state index is 0.0290. The number of alkyl halides is 3. The number of halogens is 3. The SMILES string of the molecule is CNC[C@H](CC(C)C)NC(=O)N1CCC[C@@H]([C@@](O)(CCCCOC)c2ccccc2Oc2ccccc2C(F)(F)F)C1. The van der Waals surface area contributed by atoms with Crippen molar-refractivity contribution in [3.05, 3.63) is 59.7 Å². The predicted molar refractivity (Wildman–Crippen MR) is 158 cm³/mol. The fraction of sp³-hybridized carbons (Fsp3) is 0.594. The molecule has 3 rings (SSSR count). The van der Waals surface area contributed by atoms with Gasteiger partial charge in [0.05, 0.1) is 11.2 Å². The molecule has 42 heavy (non-hydrogen) atoms. The summed E-state index contributed by atoms with van der Waals surface area (Å²) in [5.74, 6) is -0.107. The lowest BCUT2D eigenvalue weighted by Gasteiger charge is -2.43. The normalized spacial score (nSPS) is 18.0. The molecule has 10 heteroatoms. The van der Waals surface area contributed by atoms with E-state index >= 15 is 0 Å². The maximum absolute atomic E-state index is 13.8. The first-order valence-electron chi connectivity index (χ1n) is 14.8. The summed E-state index contributed by atoms with van der Waals surface area (Å²) in [7, 11) is 3.47. The van der Waals surface area contributed by atoms with E-state index in [0.29, 0.717) is 69.8 Å². The molecular formula is C32H46F3N3O4. The van der Waals surface area contributed by atoms with E-state index in [-0.39, 0.29) is 29.5 Å². The van der Waals surface area contributed by atoms with Crippen LogP contribution in [0.5, 0.6) is 11.5 Å². The van der Waals surface area contributed by atoms with Crippen molar-refractivity contribution in [3.8, 4) is 11.5 Å². The number of carbonyl (C=O) groups excluding carboxylic acids is 1. The third kappa shape index (κ3) is 9.09. The van der Waals surface area contributed by atoms with Gasteiger partial charge < -0.3 is 30.1 Å². The zero-order valence-electron chi connectivity index (χ0n) is 25.2. The Balaban J connectivity index is 1.92. The lowest BCUT2D eigenvalue weighted by Crippen LogP contribution is -2.54. The van der Waals surface area contributed by atoms with Crippen LogP contribution >= 0.6 is 0 Å². The summed E-state index contributed by atoms with van der Waals surface area (Å²) < 4.78 is 52.4. The molecule has 2 aromatic rings. The number of nitrogens with zero attached hydrogens (tertiary/aromatic N) is 1. The molecule has 1 aliphatic heterocycles. The molecule has 0 bridgehead atoms. The highest BCUT2D eigenvalue weighted by atomic mass is 19.4. The van der Waals surface area contributed by atoms with E-state index in [1.165, 1.54) is 18.2 Å². The summed E-state index contributed by atoms with van der Waals surface area (Å²) >= 11 is 0. The first kappa shape index (κ1) is 33.7. The molecule has 0 aliphatic carbocycles. The van der Waals surface area contributed by atoms with Crippen molar-refractivity contribution < 1.29 is 32.5 Å². The van der Waals surface area contributed by atoms with Gasteiger partial charge in [0, 0.05) is 50.9 Å². The highest BCUT2D eigenvalue weighted by molar-refractivity contribution is 5.74. The number of amides is 2. The van der Waals surface area contributed by atoms with Crippen molar-refractivity contribution in [2.45, 2.75) is 70.2 Å². The number of aliphatic hydroxyl groups is 1. The van der Waals surface area contributed by atoms with Gasteiger partial charge in [0.15, 0.2) is 0 Å². The van der Waals surface area contributed by atoms with Crippen LogP contribution in [0.4, 0.5) is 18.0 Å². The van der Waals surface area contributed by atoms with Crippen molar-refractivity contribution in [2.24, 2.45) is 11.8 Å². The van der Waals surface area contributed by atoms with Crippen molar-refractivity contribution in [1.29, 1.82) is 0 Å². The fourth-order valence-electron chi connectivity index (χ4n) is 5.85. The minimum Gasteiger partial charge on any atom is -0.456 e. The summed E-state index contributed by atoms with van der Waals surface area (Å²) in [6.07, 6.45) is -0.746. The molecule has 3 N–H and O–H groups in total. The van der Waals surface area contributed by atoms with Gasteiger partial charge in [-0.05, 0) is 69.7 Å². The van der Waals surface area contributed by atoms with Gasteiger partial charge in [0.25, 0.3) is 0 Å². The van der Waals surface area contributed by atoms with Crippen molar-refractivity contribution >= 4 is 6.03 Å². The lowest BCUT2D eigenvalue weighted by molar-refractivity contribution is -0.138. The molecule has 1 saturated heterocycles. The van der Waals surface area contributed by atoms with Crippen LogP contribution in [0.2, 0.25) is 0 Å². The standard InChI is InChI=1S/C32H46F3N3O4/c1-23(2)20-25(21-36-3)37-30(39)38-18-11-12-24(22-38)31(40,17-9-10-19-41-4)26-13-5-7-15-28(26)42-29-16-8-6-14-27(29)32(33,34)35/h5-8,13-16,23-25,36,40H,9-12,17-22H2,1-4H3,(H,37,39)/t24-,25+,31+/m1/s1. The van der Waals surface area contributed by atoms with Gasteiger partial charge in [0.1, 0.15) is 11.5 Å². The Kier molecular flexibility index (Phi) is 12.5. The van der Waals surface area contributed by atoms with Crippen LogP contribution in [0.3, 0.4) is 0 Å². The first-order valence-corrected chi connectivity index (χ1v) is 14.8. The lowest BCUT2D eigenvalue weighted by atomic mass is 9.73. The van der Waals surface area contributed by atoms with Gasteiger partial charge in [-0.2, -0.15) is 13.2 Å². The summed E-state index contributed by atoms with van der Waals surface area (Å²) in [6, 6.07) is 11.6. The molecule has 0 unspecified atom stereocenters. The summed E-state index contributed by atoms with van der Waals surface area (Å²) in [5, 5.41) is 18.8. The average molecular weight is 594 g/mol. The van der Waals surface area contributed by atoms with Crippen LogP contribution < -0.4 is 15.4 Å². The molecule has 2 aromatic carbocycles. The van der Waals surface area contributed by atoms with E-state index in [2.05, 4.69) is 24.5 Å². The Morgan fingerprint density at radius 3 is 2.33 bits per heavy atom. The van der Waals surface area contributed by atoms with Crippen LogP contribution in [-0.4, -0.2) is 62.5 Å². The maximum Gasteiger partial charge on any atom is 0.419 e. The molecule has 0 saturated carbocycles. The third-order valence-corrected chi connectivity index (χ3v) is 7.84. The molecule has 234 valence electrons. The van der Waals surface area contributed by atoms with E-state index in [9.17, 15) is 23.1 Å². The van der Waals surface area contributed by atoms with Crippen molar-refractivity contribution in [2.75, 3.05) is 40.4 Å². The number of likely N-dealkylation sites (tertiary alicyclic amines) is 1. The Hall–Kier alpha value is -2.82. The predicted octanol–water partition coefficient (Wildman–Crippen LogP) is 6.56. The van der Waals surface area contributed by atoms with Gasteiger partial charge in [-0.3, -0.25) is 0 Å². The number of ether oxygens (including phenoxy) is 2. The van der Waals surface area contributed by atoms with Gasteiger partial charge in [-0.25, -0.2) is 4.79 Å². The van der Waals surface area contributed by atoms with E-state index in [1.807, 2.05) is 7.05 Å². The Bertz CT molecular complexity index is 1130. The molecule has 1 heterocycles. The molecule has 2 amide bonds. The van der Waals surface area contributed by atoms with Crippen LogP contribution in [0.25, 0.3) is 0 Å². The Morgan fingerprint density at radius 2 is 1.71 bits per heavy atom. The second-order valence-electron chi connectivity index (χ2n) is 11.6. The highest BCUT2D eigenvalue weighted by Gasteiger charge is 2.43. The topological polar surface area (TPSA) is 83.1 Å². The van der Waals surface area contributed by atoms with E-state index in [0.717, 1.165) is 12.5 Å². The monoisotopic (exact) mass is 593 g/mol. The Morgan fingerprint density at radius 1 is 1.07 bits per heavy atom. The number of carbonyl (C=O) groups is 1. The number of unbranched alkanes of at least 4 members (excludes halogenated alkanes) is 1. The molecule has 0 spiro atoms. The fourth-order valence-corrected chi connectivity index (χ4v) is 5.85. The van der Waals surface area contributed by atoms with E-state index in [4.69, 9.17) is 9.47 Å². The van der Waals surface area contributed by atoms with Crippen LogP contribution in [0.1, 0.15) is 63.5 Å². The minimum atomic E-state index is -4.60. The summed E-state index contributed by atoms with van der Waals surface area (Å²) in [4.78, 5) is 15.1. The number of urea groups is 1. The molecular weight excluding hydrogens is 547 g/mol. The number of methoxy groups -OCH3 is 1. The van der Waals surface area contributed by atoms with Gasteiger partial charge >= 0.3 is 12.2 Å². The largest absolute Gasteiger partial charge is 0.456 e. The summed E-state index contributed by atoms with van der Waals surface area (Å²) in [5.41, 5.74) is -1.92.